The molecule has 1 saturated heterocycles. The zero-order valence-corrected chi connectivity index (χ0v) is 20.3. The van der Waals surface area contributed by atoms with E-state index >= 15 is 0 Å². The average Bonchev–Trinajstić information content (AvgIpc) is 3.67. The third kappa shape index (κ3) is 5.41. The first kappa shape index (κ1) is 23.4. The van der Waals surface area contributed by atoms with Gasteiger partial charge in [0.05, 0.1) is 25.5 Å². The van der Waals surface area contributed by atoms with Crippen LogP contribution in [0.3, 0.4) is 0 Å². The minimum Gasteiger partial charge on any atom is -0.497 e. The van der Waals surface area contributed by atoms with Crippen LogP contribution in [0.5, 0.6) is 11.5 Å². The normalized spacial score (nSPS) is 16.5. The fourth-order valence-corrected chi connectivity index (χ4v) is 4.37. The van der Waals surface area contributed by atoms with Gasteiger partial charge in [0.25, 0.3) is 5.91 Å². The molecule has 7 heteroatoms. The summed E-state index contributed by atoms with van der Waals surface area (Å²) in [5, 5.41) is 0. The van der Waals surface area contributed by atoms with Crippen molar-refractivity contribution in [3.63, 3.8) is 0 Å². The zero-order chi connectivity index (χ0) is 23.4. The van der Waals surface area contributed by atoms with Gasteiger partial charge in [-0.2, -0.15) is 0 Å². The molecule has 0 unspecified atom stereocenters. The molecule has 0 N–H and O–H groups in total. The maximum atomic E-state index is 13.7. The van der Waals surface area contributed by atoms with Crippen LogP contribution >= 0.6 is 0 Å². The van der Waals surface area contributed by atoms with Gasteiger partial charge in [-0.05, 0) is 62.6 Å². The van der Waals surface area contributed by atoms with Crippen LogP contribution in [0.15, 0.2) is 30.3 Å². The number of carbonyl (C=O) groups excluding carboxylic acids is 1. The van der Waals surface area contributed by atoms with Crippen molar-refractivity contribution in [2.45, 2.75) is 26.2 Å². The van der Waals surface area contributed by atoms with Gasteiger partial charge in [0, 0.05) is 44.8 Å². The van der Waals surface area contributed by atoms with Gasteiger partial charge < -0.3 is 24.2 Å². The van der Waals surface area contributed by atoms with Crippen LogP contribution < -0.4 is 14.4 Å². The lowest BCUT2D eigenvalue weighted by Crippen LogP contribution is -2.46. The number of carbonyl (C=O) groups is 1. The molecule has 2 aromatic rings. The second-order valence-electron chi connectivity index (χ2n) is 9.12. The number of likely N-dealkylation sites (N-methyl/N-ethyl adjacent to an activating group) is 1. The number of hydrogen-bond acceptors (Lipinski definition) is 6. The van der Waals surface area contributed by atoms with E-state index in [1.165, 1.54) is 12.8 Å². The highest BCUT2D eigenvalue weighted by Crippen LogP contribution is 2.35. The van der Waals surface area contributed by atoms with E-state index in [2.05, 4.69) is 23.8 Å². The van der Waals surface area contributed by atoms with Crippen LogP contribution in [-0.4, -0.2) is 81.2 Å². The van der Waals surface area contributed by atoms with Crippen molar-refractivity contribution in [3.8, 4) is 22.8 Å². The van der Waals surface area contributed by atoms with E-state index in [0.29, 0.717) is 11.5 Å². The largest absolute Gasteiger partial charge is 0.497 e. The number of benzene rings is 1. The molecule has 1 aromatic heterocycles. The molecule has 2 aliphatic rings. The summed E-state index contributed by atoms with van der Waals surface area (Å²) in [5.74, 6) is 2.99. The monoisotopic (exact) mass is 452 g/mol. The molecule has 2 fully saturated rings. The second-order valence-corrected chi connectivity index (χ2v) is 9.12. The summed E-state index contributed by atoms with van der Waals surface area (Å²) in [7, 11) is 5.44. The number of methoxy groups -OCH3 is 2. The molecule has 1 saturated carbocycles. The number of amides is 1. The third-order valence-corrected chi connectivity index (χ3v) is 6.55. The molecule has 1 aliphatic heterocycles. The van der Waals surface area contributed by atoms with E-state index < -0.39 is 0 Å². The fraction of sp³-hybridized carbons (Fsp3) is 0.538. The van der Waals surface area contributed by atoms with E-state index in [0.717, 1.165) is 74.3 Å². The number of pyridine rings is 1. The van der Waals surface area contributed by atoms with E-state index in [9.17, 15) is 4.79 Å². The molecule has 0 bridgehead atoms. The Kier molecular flexibility index (Phi) is 7.38. The summed E-state index contributed by atoms with van der Waals surface area (Å²) in [6.07, 6.45) is 3.41. The van der Waals surface area contributed by atoms with Crippen LogP contribution in [0.2, 0.25) is 0 Å². The molecule has 0 spiro atoms. The first-order chi connectivity index (χ1) is 16.0. The molecule has 1 aromatic carbocycles. The Bertz CT molecular complexity index is 968. The number of nitrogens with zero attached hydrogens (tertiary/aromatic N) is 4. The summed E-state index contributed by atoms with van der Waals surface area (Å²) < 4.78 is 11.0. The van der Waals surface area contributed by atoms with Gasteiger partial charge in [0.2, 0.25) is 0 Å². The third-order valence-electron chi connectivity index (χ3n) is 6.55. The van der Waals surface area contributed by atoms with Gasteiger partial charge in [-0.1, -0.05) is 6.92 Å². The summed E-state index contributed by atoms with van der Waals surface area (Å²) in [6, 6.07) is 9.59. The molecular formula is C26H36N4O3. The Morgan fingerprint density at radius 1 is 1.09 bits per heavy atom. The topological polar surface area (TPSA) is 58.1 Å². The molecule has 1 aliphatic carbocycles. The predicted molar refractivity (Wildman–Crippen MR) is 131 cm³/mol. The van der Waals surface area contributed by atoms with Gasteiger partial charge in [0.1, 0.15) is 17.3 Å². The molecular weight excluding hydrogens is 416 g/mol. The van der Waals surface area contributed by atoms with E-state index in [-0.39, 0.29) is 5.91 Å². The molecule has 0 radical (unpaired) electrons. The molecule has 0 atom stereocenters. The fourth-order valence-electron chi connectivity index (χ4n) is 4.37. The maximum Gasteiger partial charge on any atom is 0.257 e. The summed E-state index contributed by atoms with van der Waals surface area (Å²) >= 11 is 0. The summed E-state index contributed by atoms with van der Waals surface area (Å²) in [5.41, 5.74) is 2.33. The van der Waals surface area contributed by atoms with E-state index in [4.69, 9.17) is 14.5 Å². The number of anilines is 1. The number of aromatic nitrogens is 1. The SMILES string of the molecule is CCCN(CC1CC1)C(=O)c1ccc(-c2cc(OC)ccc2OC)nc1N1CCN(C)CC1. The Morgan fingerprint density at radius 2 is 1.85 bits per heavy atom. The van der Waals surface area contributed by atoms with Crippen molar-refractivity contribution >= 4 is 11.7 Å². The summed E-state index contributed by atoms with van der Waals surface area (Å²) in [6.45, 7) is 7.34. The standard InChI is InChI=1S/C26H36N4O3/c1-5-12-30(18-19-6-7-19)26(31)21-9-10-23(22-17-20(32-3)8-11-24(22)33-4)27-25(21)29-15-13-28(2)14-16-29/h8-11,17,19H,5-7,12-16,18H2,1-4H3. The van der Waals surface area contributed by atoms with Crippen LogP contribution in [0.25, 0.3) is 11.3 Å². The lowest BCUT2D eigenvalue weighted by Gasteiger charge is -2.35. The second kappa shape index (κ2) is 10.4. The van der Waals surface area contributed by atoms with Crippen LogP contribution in [0.1, 0.15) is 36.5 Å². The molecule has 4 rings (SSSR count). The minimum absolute atomic E-state index is 0.0920. The van der Waals surface area contributed by atoms with Gasteiger partial charge >= 0.3 is 0 Å². The Labute approximate surface area is 197 Å². The Balaban J connectivity index is 1.75. The van der Waals surface area contributed by atoms with Gasteiger partial charge in [-0.3, -0.25) is 4.79 Å². The Hall–Kier alpha value is -2.80. The van der Waals surface area contributed by atoms with Crippen molar-refractivity contribution in [2.24, 2.45) is 5.92 Å². The highest BCUT2D eigenvalue weighted by molar-refractivity contribution is 5.99. The first-order valence-electron chi connectivity index (χ1n) is 12.0. The van der Waals surface area contributed by atoms with Crippen molar-refractivity contribution in [3.05, 3.63) is 35.9 Å². The highest BCUT2D eigenvalue weighted by Gasteiger charge is 2.30. The van der Waals surface area contributed by atoms with Crippen LogP contribution in [-0.2, 0) is 0 Å². The maximum absolute atomic E-state index is 13.7. The van der Waals surface area contributed by atoms with Crippen molar-refractivity contribution in [1.82, 2.24) is 14.8 Å². The predicted octanol–water partition coefficient (Wildman–Crippen LogP) is 3.78. The number of hydrogen-bond donors (Lipinski definition) is 0. The smallest absolute Gasteiger partial charge is 0.257 e. The first-order valence-corrected chi connectivity index (χ1v) is 12.0. The van der Waals surface area contributed by atoms with E-state index in [1.807, 2.05) is 35.2 Å². The quantitative estimate of drug-likeness (QED) is 0.577. The van der Waals surface area contributed by atoms with Crippen molar-refractivity contribution < 1.29 is 14.3 Å². The van der Waals surface area contributed by atoms with Gasteiger partial charge in [-0.25, -0.2) is 4.98 Å². The number of rotatable bonds is 9. The van der Waals surface area contributed by atoms with Crippen molar-refractivity contribution in [1.29, 1.82) is 0 Å². The molecule has 33 heavy (non-hydrogen) atoms. The lowest BCUT2D eigenvalue weighted by molar-refractivity contribution is 0.0748. The molecule has 178 valence electrons. The zero-order valence-electron chi connectivity index (χ0n) is 20.3. The molecule has 2 heterocycles. The van der Waals surface area contributed by atoms with Crippen LogP contribution in [0.4, 0.5) is 5.82 Å². The summed E-state index contributed by atoms with van der Waals surface area (Å²) in [4.78, 5) is 25.4. The van der Waals surface area contributed by atoms with Crippen molar-refractivity contribution in [2.75, 3.05) is 65.4 Å². The highest BCUT2D eigenvalue weighted by atomic mass is 16.5. The minimum atomic E-state index is 0.0920. The molecule has 7 nitrogen and oxygen atoms in total. The molecule has 1 amide bonds. The number of ether oxygens (including phenoxy) is 2. The lowest BCUT2D eigenvalue weighted by atomic mass is 10.1. The number of piperazine rings is 1. The van der Waals surface area contributed by atoms with Gasteiger partial charge in [-0.15, -0.1) is 0 Å². The van der Waals surface area contributed by atoms with Gasteiger partial charge in [0.15, 0.2) is 0 Å². The van der Waals surface area contributed by atoms with Crippen LogP contribution in [0, 0.1) is 5.92 Å². The van der Waals surface area contributed by atoms with E-state index in [1.54, 1.807) is 14.2 Å². The average molecular weight is 453 g/mol. The Morgan fingerprint density at radius 3 is 2.48 bits per heavy atom.